The van der Waals surface area contributed by atoms with Gasteiger partial charge in [0.1, 0.15) is 0 Å². The lowest BCUT2D eigenvalue weighted by Gasteiger charge is -2.14. The summed E-state index contributed by atoms with van der Waals surface area (Å²) < 4.78 is 14.3. The minimum atomic E-state index is 1.15. The predicted molar refractivity (Wildman–Crippen MR) is 583 cm³/mol. The number of nitrogens with zero attached hydrogens (tertiary/aromatic N) is 6. The Morgan fingerprint density at radius 2 is 0.232 bits per heavy atom. The third kappa shape index (κ3) is 14.0. The highest BCUT2D eigenvalue weighted by atomic mass is 15.0. The lowest BCUT2D eigenvalue weighted by atomic mass is 9.98. The first-order chi connectivity index (χ1) is 68.5. The van der Waals surface area contributed by atoms with Crippen molar-refractivity contribution in [2.24, 2.45) is 0 Å². The third-order valence-corrected chi connectivity index (χ3v) is 27.9. The standard InChI is InChI=1S/2C48H32N2.C36H24N2/c1-4-14-33(15-5-1)37-28-38(34-16-6-2-7-17-34)30-40(29-37)50-46-23-13-11-21-42(46)44-32-36(25-27-48(44)50)35-24-26-47-43(31-35)41-20-10-12-22-45(41)49(47)39-18-8-3-9-19-39;1-3-11-33(12-4-1)35-19-25-39(26-20-35)49-45-17-9-7-15-41(45)43-31-37(23-29-47(43)49)38-24-30-48-44(32-38)42-16-8-10-18-46(42)50(48)40-27-21-36(22-28-40)34-13-5-2-6-14-34;1-3-11-27(12-4-1)37-33-17-9-7-15-29(33)31-23-25(19-21-35(31)37)26-20-22-36-32(24-26)30-16-8-10-18-34(30)38(36)28-13-5-2-6-14-28/h2*1-32H;1-24H. The Hall–Kier alpha value is -18.4. The summed E-state index contributed by atoms with van der Waals surface area (Å²) in [5.74, 6) is 0. The minimum Gasteiger partial charge on any atom is -0.309 e. The fraction of sp³-hybridized carbons (Fsp3) is 0. The second kappa shape index (κ2) is 34.0. The first-order valence-corrected chi connectivity index (χ1v) is 47.4. The van der Waals surface area contributed by atoms with E-state index >= 15 is 0 Å². The first kappa shape index (κ1) is 80.5. The maximum atomic E-state index is 2.43. The molecule has 6 heteroatoms. The van der Waals surface area contributed by atoms with E-state index in [0.29, 0.717) is 0 Å². The zero-order valence-corrected chi connectivity index (χ0v) is 75.5. The van der Waals surface area contributed by atoms with Crippen molar-refractivity contribution in [3.05, 3.63) is 534 Å². The number of rotatable bonds is 13. The maximum Gasteiger partial charge on any atom is 0.0541 e. The summed E-state index contributed by atoms with van der Waals surface area (Å²) in [6, 6.07) is 193. The SMILES string of the molecule is c1ccc(-c2cc(-c3ccccc3)cc(-n3c4ccccc4c4cc(-c5ccc6c(c5)c5ccccc5n6-c5ccccc5)ccc43)c2)cc1.c1ccc(-c2ccc(-n3c4ccccc4c4cc(-c5ccc6c(c5)c5ccccc5n6-c5ccc(-c6ccccc6)cc5)ccc43)cc2)cc1.c1ccc(-n2c3ccccc3c3cc(-c4ccc5c(c4)c4ccccc4n5-c4ccccc4)ccc32)cc1. The molecule has 22 aromatic carbocycles. The van der Waals surface area contributed by atoms with Crippen molar-refractivity contribution >= 4 is 131 Å². The molecule has 28 aromatic rings. The molecule has 6 aromatic heterocycles. The molecular formula is C132H88N6. The molecule has 0 N–H and O–H groups in total. The number of para-hydroxylation sites is 9. The van der Waals surface area contributed by atoms with Gasteiger partial charge in [-0.3, -0.25) is 0 Å². The van der Waals surface area contributed by atoms with E-state index in [1.54, 1.807) is 0 Å². The van der Waals surface area contributed by atoms with Crippen molar-refractivity contribution < 1.29 is 0 Å². The Bertz CT molecular complexity index is 9110. The fourth-order valence-electron chi connectivity index (χ4n) is 21.5. The van der Waals surface area contributed by atoms with E-state index in [1.807, 2.05) is 0 Å². The summed E-state index contributed by atoms with van der Waals surface area (Å²) in [6.45, 7) is 0. The van der Waals surface area contributed by atoms with Gasteiger partial charge in [-0.2, -0.15) is 0 Å². The van der Waals surface area contributed by atoms with Crippen LogP contribution in [0.1, 0.15) is 0 Å². The Morgan fingerprint density at radius 3 is 0.449 bits per heavy atom. The average molecular weight is 1760 g/mol. The fourth-order valence-corrected chi connectivity index (χ4v) is 21.5. The van der Waals surface area contributed by atoms with Crippen molar-refractivity contribution in [2.75, 3.05) is 0 Å². The van der Waals surface area contributed by atoms with Crippen molar-refractivity contribution in [3.63, 3.8) is 0 Å². The Labute approximate surface area is 798 Å². The molecule has 0 spiro atoms. The van der Waals surface area contributed by atoms with Crippen LogP contribution >= 0.6 is 0 Å². The molecule has 646 valence electrons. The zero-order valence-electron chi connectivity index (χ0n) is 75.5. The van der Waals surface area contributed by atoms with Gasteiger partial charge in [0.25, 0.3) is 0 Å². The Morgan fingerprint density at radius 1 is 0.0797 bits per heavy atom. The number of aromatic nitrogens is 6. The highest BCUT2D eigenvalue weighted by molar-refractivity contribution is 6.17. The van der Waals surface area contributed by atoms with Crippen LogP contribution < -0.4 is 0 Å². The van der Waals surface area contributed by atoms with Crippen molar-refractivity contribution in [3.8, 4) is 112 Å². The molecule has 0 saturated heterocycles. The third-order valence-electron chi connectivity index (χ3n) is 27.9. The molecule has 6 nitrogen and oxygen atoms in total. The van der Waals surface area contributed by atoms with Crippen molar-refractivity contribution in [1.29, 1.82) is 0 Å². The molecule has 0 unspecified atom stereocenters. The van der Waals surface area contributed by atoms with Crippen LogP contribution in [0.3, 0.4) is 0 Å². The highest BCUT2D eigenvalue weighted by Gasteiger charge is 2.23. The number of hydrogen-bond donors (Lipinski definition) is 0. The summed E-state index contributed by atoms with van der Waals surface area (Å²) in [5, 5.41) is 15.1. The lowest BCUT2D eigenvalue weighted by Crippen LogP contribution is -1.96. The van der Waals surface area contributed by atoms with E-state index in [0.717, 1.165) is 17.1 Å². The molecule has 138 heavy (non-hydrogen) atoms. The van der Waals surface area contributed by atoms with Crippen LogP contribution in [0.2, 0.25) is 0 Å². The number of fused-ring (bicyclic) bond motifs is 18. The number of benzene rings is 22. The van der Waals surface area contributed by atoms with Gasteiger partial charge >= 0.3 is 0 Å². The second-order valence-electron chi connectivity index (χ2n) is 35.8. The summed E-state index contributed by atoms with van der Waals surface area (Å²) in [5.41, 5.74) is 38.6. The van der Waals surface area contributed by atoms with E-state index in [1.165, 1.54) is 226 Å². The van der Waals surface area contributed by atoms with Gasteiger partial charge in [0.15, 0.2) is 0 Å². The Kier molecular flexibility index (Phi) is 19.9. The molecular weight excluding hydrogens is 1670 g/mol. The molecule has 6 heterocycles. The van der Waals surface area contributed by atoms with Crippen LogP contribution in [0.25, 0.3) is 243 Å². The molecule has 0 radical (unpaired) electrons. The molecule has 0 saturated carbocycles. The van der Waals surface area contributed by atoms with Gasteiger partial charge < -0.3 is 27.4 Å². The number of hydrogen-bond acceptors (Lipinski definition) is 0. The lowest BCUT2D eigenvalue weighted by molar-refractivity contribution is 1.18. The first-order valence-electron chi connectivity index (χ1n) is 47.4. The molecule has 0 aliphatic carbocycles. The van der Waals surface area contributed by atoms with Crippen LogP contribution in [0, 0.1) is 0 Å². The van der Waals surface area contributed by atoms with Gasteiger partial charge in [-0.25, -0.2) is 0 Å². The average Bonchev–Trinajstić information content (AvgIpc) is 1.59. The highest BCUT2D eigenvalue weighted by Crippen LogP contribution is 2.46. The largest absolute Gasteiger partial charge is 0.309 e. The van der Waals surface area contributed by atoms with Gasteiger partial charge in [0, 0.05) is 98.8 Å². The quantitative estimate of drug-likeness (QED) is 0.110. The van der Waals surface area contributed by atoms with Crippen LogP contribution in [0.4, 0.5) is 0 Å². The molecule has 0 bridgehead atoms. The molecule has 0 amide bonds. The Balaban J connectivity index is 0.000000108. The van der Waals surface area contributed by atoms with Gasteiger partial charge in [-0.15, -0.1) is 0 Å². The minimum absolute atomic E-state index is 1.15. The molecule has 28 rings (SSSR count). The van der Waals surface area contributed by atoms with Crippen molar-refractivity contribution in [1.82, 2.24) is 27.4 Å². The zero-order chi connectivity index (χ0) is 91.1. The smallest absolute Gasteiger partial charge is 0.0541 e. The predicted octanol–water partition coefficient (Wildman–Crippen LogP) is 35.3. The molecule has 0 atom stereocenters. The summed E-state index contributed by atoms with van der Waals surface area (Å²) >= 11 is 0. The topological polar surface area (TPSA) is 29.6 Å². The molecule has 0 aliphatic rings. The van der Waals surface area contributed by atoms with E-state index in [2.05, 4.69) is 561 Å². The normalized spacial score (nSPS) is 11.6. The maximum absolute atomic E-state index is 2.43. The molecule has 0 fully saturated rings. The monoisotopic (exact) mass is 1760 g/mol. The van der Waals surface area contributed by atoms with E-state index in [4.69, 9.17) is 0 Å². The van der Waals surface area contributed by atoms with E-state index < -0.39 is 0 Å². The van der Waals surface area contributed by atoms with Crippen molar-refractivity contribution in [2.45, 2.75) is 0 Å². The van der Waals surface area contributed by atoms with Crippen LogP contribution in [-0.2, 0) is 0 Å². The second-order valence-corrected chi connectivity index (χ2v) is 35.8. The van der Waals surface area contributed by atoms with Gasteiger partial charge in [0.2, 0.25) is 0 Å². The van der Waals surface area contributed by atoms with Crippen LogP contribution in [0.15, 0.2) is 534 Å². The van der Waals surface area contributed by atoms with E-state index in [-0.39, 0.29) is 0 Å². The molecule has 0 aliphatic heterocycles. The summed E-state index contributed by atoms with van der Waals surface area (Å²) in [7, 11) is 0. The summed E-state index contributed by atoms with van der Waals surface area (Å²) in [4.78, 5) is 0. The van der Waals surface area contributed by atoms with E-state index in [9.17, 15) is 0 Å². The summed E-state index contributed by atoms with van der Waals surface area (Å²) in [6.07, 6.45) is 0. The van der Waals surface area contributed by atoms with Crippen LogP contribution in [-0.4, -0.2) is 27.4 Å². The van der Waals surface area contributed by atoms with Gasteiger partial charge in [0.05, 0.1) is 66.2 Å². The van der Waals surface area contributed by atoms with Gasteiger partial charge in [-0.05, 0) is 266 Å². The van der Waals surface area contributed by atoms with Gasteiger partial charge in [-0.1, -0.05) is 346 Å². The van der Waals surface area contributed by atoms with Crippen LogP contribution in [0.5, 0.6) is 0 Å².